The molecule has 3 heterocycles. The number of benzene rings is 8. The Morgan fingerprint density at radius 3 is 1.54 bits per heavy atom. The smallest absolute Gasteiger partial charge is 0.329 e. The summed E-state index contributed by atoms with van der Waals surface area (Å²) in [6, 6.07) is 63.2. The Hall–Kier alpha value is -6.12. The van der Waals surface area contributed by atoms with Crippen molar-refractivity contribution >= 4 is 50.4 Å². The predicted molar refractivity (Wildman–Crippen MR) is 205 cm³/mol. The van der Waals surface area contributed by atoms with E-state index in [-0.39, 0.29) is 6.85 Å². The molecule has 0 radical (unpaired) electrons. The maximum Gasteiger partial charge on any atom is 0.329 e. The van der Waals surface area contributed by atoms with Crippen LogP contribution in [0.15, 0.2) is 170 Å². The van der Waals surface area contributed by atoms with E-state index in [0.717, 1.165) is 0 Å². The van der Waals surface area contributed by atoms with Crippen molar-refractivity contribution in [1.82, 2.24) is 4.48 Å². The number of rotatable bonds is 3. The second-order valence-electron chi connectivity index (χ2n) is 13.3. The van der Waals surface area contributed by atoms with E-state index in [1.807, 2.05) is 0 Å². The van der Waals surface area contributed by atoms with E-state index in [9.17, 15) is 0 Å². The van der Waals surface area contributed by atoms with Gasteiger partial charge in [0.25, 0.3) is 0 Å². The van der Waals surface area contributed by atoms with Gasteiger partial charge < -0.3 is 4.48 Å². The second-order valence-corrected chi connectivity index (χ2v) is 13.3. The molecule has 8 aromatic carbocycles. The van der Waals surface area contributed by atoms with Crippen molar-refractivity contribution in [2.45, 2.75) is 0 Å². The summed E-state index contributed by atoms with van der Waals surface area (Å²) in [6.45, 7) is 0.0850. The van der Waals surface area contributed by atoms with Gasteiger partial charge in [-0.1, -0.05) is 140 Å². The Bertz CT molecular complexity index is 2770. The van der Waals surface area contributed by atoms with Gasteiger partial charge in [-0.25, -0.2) is 0 Å². The zero-order chi connectivity index (χ0) is 31.3. The maximum atomic E-state index is 2.67. The average Bonchev–Trinajstić information content (AvgIpc) is 3.49. The molecule has 0 N–H and O–H groups in total. The molecule has 0 spiro atoms. The molecule has 2 aliphatic heterocycles. The van der Waals surface area contributed by atoms with Crippen LogP contribution in [-0.2, 0) is 0 Å². The zero-order valence-electron chi connectivity index (χ0n) is 26.2. The van der Waals surface area contributed by atoms with Gasteiger partial charge in [0.1, 0.15) is 0 Å². The van der Waals surface area contributed by atoms with Gasteiger partial charge in [0.2, 0.25) is 0 Å². The summed E-state index contributed by atoms with van der Waals surface area (Å²) in [4.78, 5) is 0. The molecule has 0 atom stereocenters. The van der Waals surface area contributed by atoms with Crippen LogP contribution in [0.2, 0.25) is 0 Å². The van der Waals surface area contributed by atoms with E-state index < -0.39 is 0 Å². The molecular formula is C46H28BN. The fourth-order valence-corrected chi connectivity index (χ4v) is 8.58. The molecule has 0 saturated heterocycles. The van der Waals surface area contributed by atoms with Crippen LogP contribution in [-0.4, -0.2) is 11.3 Å². The van der Waals surface area contributed by atoms with E-state index in [1.165, 1.54) is 99.1 Å². The molecule has 0 unspecified atom stereocenters. The van der Waals surface area contributed by atoms with Gasteiger partial charge in [-0.3, -0.25) is 0 Å². The Morgan fingerprint density at radius 1 is 0.312 bits per heavy atom. The van der Waals surface area contributed by atoms with Crippen molar-refractivity contribution < 1.29 is 0 Å². The van der Waals surface area contributed by atoms with Crippen LogP contribution >= 0.6 is 0 Å². The average molecular weight is 606 g/mol. The van der Waals surface area contributed by atoms with Crippen molar-refractivity contribution in [3.05, 3.63) is 170 Å². The molecule has 0 saturated carbocycles. The van der Waals surface area contributed by atoms with E-state index in [0.29, 0.717) is 0 Å². The van der Waals surface area contributed by atoms with Crippen LogP contribution < -0.4 is 10.9 Å². The minimum Gasteiger partial charge on any atom is -0.375 e. The summed E-state index contributed by atoms with van der Waals surface area (Å²) in [7, 11) is 0. The number of hydrogen-bond donors (Lipinski definition) is 0. The molecule has 0 aliphatic carbocycles. The van der Waals surface area contributed by atoms with Gasteiger partial charge in [-0.05, 0) is 96.5 Å². The van der Waals surface area contributed by atoms with Gasteiger partial charge in [-0.15, -0.1) is 0 Å². The Morgan fingerprint density at radius 2 is 0.854 bits per heavy atom. The number of hydrogen-bond acceptors (Lipinski definition) is 0. The maximum absolute atomic E-state index is 2.67. The summed E-state index contributed by atoms with van der Waals surface area (Å²) in [5.74, 6) is 0. The lowest BCUT2D eigenvalue weighted by molar-refractivity contribution is 1.31. The van der Waals surface area contributed by atoms with E-state index in [1.54, 1.807) is 0 Å². The Balaban J connectivity index is 1.27. The van der Waals surface area contributed by atoms with Crippen molar-refractivity contribution in [3.63, 3.8) is 0 Å². The first-order valence-electron chi connectivity index (χ1n) is 16.8. The van der Waals surface area contributed by atoms with Crippen LogP contribution in [0, 0.1) is 0 Å². The third kappa shape index (κ3) is 3.57. The first kappa shape index (κ1) is 26.0. The highest BCUT2D eigenvalue weighted by Gasteiger charge is 2.39. The van der Waals surface area contributed by atoms with Crippen LogP contribution in [0.1, 0.15) is 0 Å². The highest BCUT2D eigenvalue weighted by Crippen LogP contribution is 2.48. The summed E-state index contributed by atoms with van der Waals surface area (Å²) in [5.41, 5.74) is 18.2. The van der Waals surface area contributed by atoms with Crippen molar-refractivity contribution in [3.8, 4) is 55.6 Å². The van der Waals surface area contributed by atoms with Gasteiger partial charge in [0, 0.05) is 32.9 Å². The Labute approximate surface area is 279 Å². The highest BCUT2D eigenvalue weighted by atomic mass is 14.9. The predicted octanol–water partition coefficient (Wildman–Crippen LogP) is 10.6. The molecule has 11 rings (SSSR count). The molecule has 0 amide bonds. The molecule has 2 heteroatoms. The Kier molecular flexibility index (Phi) is 5.26. The third-order valence-electron chi connectivity index (χ3n) is 10.7. The minimum atomic E-state index is 0.0850. The lowest BCUT2D eigenvalue weighted by atomic mass is 9.45. The lowest BCUT2D eigenvalue weighted by Crippen LogP contribution is -2.53. The summed E-state index contributed by atoms with van der Waals surface area (Å²) in [6.07, 6.45) is 0. The van der Waals surface area contributed by atoms with Gasteiger partial charge in [-0.2, -0.15) is 0 Å². The van der Waals surface area contributed by atoms with E-state index in [2.05, 4.69) is 174 Å². The molecule has 48 heavy (non-hydrogen) atoms. The van der Waals surface area contributed by atoms with Gasteiger partial charge >= 0.3 is 6.85 Å². The molecule has 1 aromatic heterocycles. The fraction of sp³-hybridized carbons (Fsp3) is 0. The molecule has 1 nitrogen and oxygen atoms in total. The van der Waals surface area contributed by atoms with Crippen molar-refractivity contribution in [2.75, 3.05) is 0 Å². The summed E-state index contributed by atoms with van der Waals surface area (Å²) < 4.78 is 2.67. The van der Waals surface area contributed by atoms with Crippen LogP contribution in [0.4, 0.5) is 0 Å². The fourth-order valence-electron chi connectivity index (χ4n) is 8.58. The first-order valence-corrected chi connectivity index (χ1v) is 16.8. The van der Waals surface area contributed by atoms with Crippen molar-refractivity contribution in [1.29, 1.82) is 0 Å². The standard InChI is InChI=1S/C46H28BN/c1-3-11-29(12-4-1)35-24-39-37-17-9-10-18-43(37)47-44-28-34(33-20-19-31-15-7-8-16-32(31)23-33)21-22-38(44)40-25-36(30-13-5-2-6-14-30)27-42-41(26-35)45(39)48(47)46(40)42/h1-28H. The van der Waals surface area contributed by atoms with E-state index in [4.69, 9.17) is 0 Å². The molecular weight excluding hydrogens is 577 g/mol. The zero-order valence-corrected chi connectivity index (χ0v) is 26.2. The van der Waals surface area contributed by atoms with Crippen LogP contribution in [0.3, 0.4) is 0 Å². The minimum absolute atomic E-state index is 0.0850. The molecule has 2 aliphatic rings. The topological polar surface area (TPSA) is 4.93 Å². The van der Waals surface area contributed by atoms with Crippen LogP contribution in [0.25, 0.3) is 88.2 Å². The molecule has 0 bridgehead atoms. The monoisotopic (exact) mass is 605 g/mol. The SMILES string of the molecule is c1ccc(-c2cc3c4c(c2)c2cc(-c5ccccc5)cc5c2n4B(c2ccccc2-3)c2cc(-c3ccc4ccccc4c3)ccc2-5)cc1. The highest BCUT2D eigenvalue weighted by molar-refractivity contribution is 6.88. The summed E-state index contributed by atoms with van der Waals surface area (Å²) >= 11 is 0. The first-order chi connectivity index (χ1) is 23.8. The van der Waals surface area contributed by atoms with E-state index >= 15 is 0 Å². The molecule has 9 aromatic rings. The second kappa shape index (κ2) is 9.70. The number of fused-ring (bicyclic) bond motifs is 8. The number of nitrogens with zero attached hydrogens (tertiary/aromatic N) is 1. The van der Waals surface area contributed by atoms with Gasteiger partial charge in [0.05, 0.1) is 0 Å². The molecule has 0 fully saturated rings. The van der Waals surface area contributed by atoms with Crippen LogP contribution in [0.5, 0.6) is 0 Å². The largest absolute Gasteiger partial charge is 0.375 e. The van der Waals surface area contributed by atoms with Crippen molar-refractivity contribution in [2.24, 2.45) is 0 Å². The lowest BCUT2D eigenvalue weighted by Gasteiger charge is -2.33. The van der Waals surface area contributed by atoms with Gasteiger partial charge in [0.15, 0.2) is 0 Å². The normalized spacial score (nSPS) is 12.5. The quantitative estimate of drug-likeness (QED) is 0.177. The third-order valence-corrected chi connectivity index (χ3v) is 10.7. The molecule has 220 valence electrons. The number of aromatic nitrogens is 1. The summed E-state index contributed by atoms with van der Waals surface area (Å²) in [5, 5.41) is 5.18.